The summed E-state index contributed by atoms with van der Waals surface area (Å²) < 4.78 is 5.42. The van der Waals surface area contributed by atoms with Gasteiger partial charge in [0.1, 0.15) is 6.61 Å². The van der Waals surface area contributed by atoms with Crippen molar-refractivity contribution in [3.8, 4) is 0 Å². The summed E-state index contributed by atoms with van der Waals surface area (Å²) in [6, 6.07) is 0.606. The molecule has 0 bridgehead atoms. The molecule has 4 heteroatoms. The van der Waals surface area contributed by atoms with Gasteiger partial charge in [-0.3, -0.25) is 4.79 Å². The van der Waals surface area contributed by atoms with Gasteiger partial charge in [-0.1, -0.05) is 0 Å². The maximum Gasteiger partial charge on any atom is 0.246 e. The van der Waals surface area contributed by atoms with Crippen LogP contribution >= 0.6 is 0 Å². The molecule has 0 aromatic carbocycles. The van der Waals surface area contributed by atoms with Gasteiger partial charge < -0.3 is 15.8 Å². The second kappa shape index (κ2) is 5.64. The van der Waals surface area contributed by atoms with Crippen LogP contribution < -0.4 is 11.1 Å². The number of nitrogens with one attached hydrogen (secondary N) is 1. The van der Waals surface area contributed by atoms with Crippen LogP contribution in [0.25, 0.3) is 0 Å². The van der Waals surface area contributed by atoms with Crippen molar-refractivity contribution in [2.45, 2.75) is 64.1 Å². The topological polar surface area (TPSA) is 64.3 Å². The predicted molar refractivity (Wildman–Crippen MR) is 64.1 cm³/mol. The molecule has 16 heavy (non-hydrogen) atoms. The molecule has 0 spiro atoms. The molecule has 0 radical (unpaired) electrons. The van der Waals surface area contributed by atoms with E-state index in [2.05, 4.69) is 5.32 Å². The van der Waals surface area contributed by atoms with Crippen LogP contribution in [0, 0.1) is 0 Å². The summed E-state index contributed by atoms with van der Waals surface area (Å²) in [7, 11) is 0. The van der Waals surface area contributed by atoms with Crippen LogP contribution in [0.5, 0.6) is 0 Å². The van der Waals surface area contributed by atoms with Gasteiger partial charge in [0.2, 0.25) is 5.91 Å². The Morgan fingerprint density at radius 3 is 2.38 bits per heavy atom. The number of carbonyl (C=O) groups excluding carboxylic acids is 1. The van der Waals surface area contributed by atoms with E-state index in [0.29, 0.717) is 6.04 Å². The number of ether oxygens (including phenoxy) is 1. The third-order valence-electron chi connectivity index (χ3n) is 2.77. The Kier molecular flexibility index (Phi) is 4.74. The fourth-order valence-corrected chi connectivity index (χ4v) is 1.81. The highest BCUT2D eigenvalue weighted by Gasteiger charge is 2.20. The molecule has 1 aliphatic rings. The summed E-state index contributed by atoms with van der Waals surface area (Å²) in [5.41, 5.74) is 5.55. The molecule has 1 rings (SSSR count). The van der Waals surface area contributed by atoms with E-state index in [-0.39, 0.29) is 24.2 Å². The maximum atomic E-state index is 11.6. The molecule has 0 unspecified atom stereocenters. The molecule has 1 saturated carbocycles. The number of amides is 1. The van der Waals surface area contributed by atoms with Gasteiger partial charge in [-0.05, 0) is 46.5 Å². The van der Waals surface area contributed by atoms with Gasteiger partial charge in [0.25, 0.3) is 0 Å². The smallest absolute Gasteiger partial charge is 0.246 e. The highest BCUT2D eigenvalue weighted by molar-refractivity contribution is 5.77. The van der Waals surface area contributed by atoms with E-state index >= 15 is 0 Å². The number of carbonyl (C=O) groups is 1. The Morgan fingerprint density at radius 2 is 1.88 bits per heavy atom. The van der Waals surface area contributed by atoms with Crippen molar-refractivity contribution in [3.05, 3.63) is 0 Å². The minimum Gasteiger partial charge on any atom is -0.366 e. The molecule has 0 aromatic heterocycles. The minimum atomic E-state index is -0.258. The molecule has 0 atom stereocenters. The molecule has 1 fully saturated rings. The molecule has 0 aliphatic heterocycles. The summed E-state index contributed by atoms with van der Waals surface area (Å²) in [6.45, 7) is 5.98. The van der Waals surface area contributed by atoms with Crippen LogP contribution in [0.2, 0.25) is 0 Å². The van der Waals surface area contributed by atoms with Gasteiger partial charge in [-0.25, -0.2) is 0 Å². The molecular weight excluding hydrogens is 204 g/mol. The van der Waals surface area contributed by atoms with Gasteiger partial charge in [-0.2, -0.15) is 0 Å². The summed E-state index contributed by atoms with van der Waals surface area (Å²) in [5.74, 6) is -0.0182. The van der Waals surface area contributed by atoms with Crippen LogP contribution in [-0.2, 0) is 9.53 Å². The van der Waals surface area contributed by atoms with E-state index in [0.717, 1.165) is 25.7 Å². The summed E-state index contributed by atoms with van der Waals surface area (Å²) >= 11 is 0. The van der Waals surface area contributed by atoms with E-state index in [4.69, 9.17) is 10.5 Å². The van der Waals surface area contributed by atoms with Crippen molar-refractivity contribution < 1.29 is 9.53 Å². The highest BCUT2D eigenvalue weighted by Crippen LogP contribution is 2.16. The Labute approximate surface area is 97.9 Å². The van der Waals surface area contributed by atoms with Gasteiger partial charge in [-0.15, -0.1) is 0 Å². The van der Waals surface area contributed by atoms with Gasteiger partial charge in [0.05, 0.1) is 5.60 Å². The summed E-state index contributed by atoms with van der Waals surface area (Å²) in [6.07, 6.45) is 3.99. The first-order valence-electron chi connectivity index (χ1n) is 6.06. The fraction of sp³-hybridized carbons (Fsp3) is 0.917. The molecule has 4 nitrogen and oxygen atoms in total. The van der Waals surface area contributed by atoms with Crippen LogP contribution in [0.1, 0.15) is 46.5 Å². The number of rotatable bonds is 3. The lowest BCUT2D eigenvalue weighted by molar-refractivity contribution is -0.131. The Bertz CT molecular complexity index is 228. The summed E-state index contributed by atoms with van der Waals surface area (Å²) in [4.78, 5) is 11.6. The lowest BCUT2D eigenvalue weighted by Crippen LogP contribution is -2.42. The van der Waals surface area contributed by atoms with E-state index in [9.17, 15) is 4.79 Å². The molecule has 0 aromatic rings. The van der Waals surface area contributed by atoms with Crippen LogP contribution in [0.4, 0.5) is 0 Å². The molecular formula is C12H24N2O2. The Morgan fingerprint density at radius 1 is 1.31 bits per heavy atom. The molecule has 0 heterocycles. The van der Waals surface area contributed by atoms with Gasteiger partial charge in [0, 0.05) is 12.1 Å². The van der Waals surface area contributed by atoms with Crippen molar-refractivity contribution in [3.63, 3.8) is 0 Å². The Balaban J connectivity index is 2.19. The molecule has 0 saturated heterocycles. The predicted octanol–water partition coefficient (Wildman–Crippen LogP) is 1.19. The summed E-state index contributed by atoms with van der Waals surface area (Å²) in [5, 5.41) is 2.99. The number of hydrogen-bond donors (Lipinski definition) is 2. The second-order valence-electron chi connectivity index (χ2n) is 5.58. The molecule has 1 amide bonds. The third kappa shape index (κ3) is 5.47. The normalized spacial score (nSPS) is 26.5. The zero-order chi connectivity index (χ0) is 12.2. The zero-order valence-electron chi connectivity index (χ0n) is 10.6. The average Bonchev–Trinajstić information content (AvgIpc) is 2.18. The number of hydrogen-bond acceptors (Lipinski definition) is 3. The van der Waals surface area contributed by atoms with E-state index in [1.54, 1.807) is 0 Å². The highest BCUT2D eigenvalue weighted by atomic mass is 16.5. The first-order chi connectivity index (χ1) is 7.37. The zero-order valence-corrected chi connectivity index (χ0v) is 10.6. The lowest BCUT2D eigenvalue weighted by Gasteiger charge is -2.27. The lowest BCUT2D eigenvalue weighted by atomic mass is 9.92. The van der Waals surface area contributed by atoms with E-state index < -0.39 is 0 Å². The van der Waals surface area contributed by atoms with Crippen molar-refractivity contribution >= 4 is 5.91 Å². The van der Waals surface area contributed by atoms with Crippen LogP contribution in [0.15, 0.2) is 0 Å². The quantitative estimate of drug-likeness (QED) is 0.762. The van der Waals surface area contributed by atoms with Crippen molar-refractivity contribution in [1.82, 2.24) is 5.32 Å². The van der Waals surface area contributed by atoms with Crippen molar-refractivity contribution in [2.24, 2.45) is 5.73 Å². The largest absolute Gasteiger partial charge is 0.366 e. The first-order valence-corrected chi connectivity index (χ1v) is 6.06. The van der Waals surface area contributed by atoms with Crippen LogP contribution in [-0.4, -0.2) is 30.2 Å². The fourth-order valence-electron chi connectivity index (χ4n) is 1.81. The maximum absolute atomic E-state index is 11.6. The SMILES string of the molecule is CC(C)(C)OCC(=O)NC1CCC(N)CC1. The first kappa shape index (κ1) is 13.5. The number of nitrogens with two attached hydrogens (primary N) is 1. The van der Waals surface area contributed by atoms with Crippen LogP contribution in [0.3, 0.4) is 0 Å². The Hall–Kier alpha value is -0.610. The van der Waals surface area contributed by atoms with Gasteiger partial charge >= 0.3 is 0 Å². The van der Waals surface area contributed by atoms with E-state index in [1.165, 1.54) is 0 Å². The average molecular weight is 228 g/mol. The minimum absolute atomic E-state index is 0.0182. The molecule has 94 valence electrons. The van der Waals surface area contributed by atoms with Crippen molar-refractivity contribution in [1.29, 1.82) is 0 Å². The van der Waals surface area contributed by atoms with Crippen molar-refractivity contribution in [2.75, 3.05) is 6.61 Å². The molecule has 1 aliphatic carbocycles. The monoisotopic (exact) mass is 228 g/mol. The van der Waals surface area contributed by atoms with Gasteiger partial charge in [0.15, 0.2) is 0 Å². The third-order valence-corrected chi connectivity index (χ3v) is 2.77. The molecule has 3 N–H and O–H groups in total. The second-order valence-corrected chi connectivity index (χ2v) is 5.58. The standard InChI is InChI=1S/C12H24N2O2/c1-12(2,3)16-8-11(15)14-10-6-4-9(13)5-7-10/h9-10H,4-8,13H2,1-3H3,(H,14,15). The van der Waals surface area contributed by atoms with E-state index in [1.807, 2.05) is 20.8 Å².